The zero-order valence-corrected chi connectivity index (χ0v) is 6.09. The SMILES string of the molecule is C=CC1=C(C=C)C(=O)OC1=C. The van der Waals surface area contributed by atoms with E-state index < -0.39 is 5.97 Å². The third kappa shape index (κ3) is 1.03. The van der Waals surface area contributed by atoms with Gasteiger partial charge < -0.3 is 4.74 Å². The van der Waals surface area contributed by atoms with Crippen LogP contribution < -0.4 is 0 Å². The molecule has 0 aromatic carbocycles. The molecule has 11 heavy (non-hydrogen) atoms. The minimum absolute atomic E-state index is 0.347. The molecule has 1 aliphatic heterocycles. The molecule has 0 aromatic heterocycles. The van der Waals surface area contributed by atoms with E-state index in [0.717, 1.165) is 0 Å². The van der Waals surface area contributed by atoms with Gasteiger partial charge in [-0.25, -0.2) is 4.79 Å². The van der Waals surface area contributed by atoms with Crippen LogP contribution in [0.4, 0.5) is 0 Å². The van der Waals surface area contributed by atoms with Crippen LogP contribution in [-0.4, -0.2) is 5.97 Å². The molecule has 0 unspecified atom stereocenters. The maximum absolute atomic E-state index is 10.9. The van der Waals surface area contributed by atoms with Crippen molar-refractivity contribution >= 4 is 5.97 Å². The van der Waals surface area contributed by atoms with Gasteiger partial charge in [0.2, 0.25) is 0 Å². The number of hydrogen-bond acceptors (Lipinski definition) is 2. The number of hydrogen-bond donors (Lipinski definition) is 0. The van der Waals surface area contributed by atoms with E-state index in [1.54, 1.807) is 0 Å². The predicted molar refractivity (Wildman–Crippen MR) is 42.7 cm³/mol. The summed E-state index contributed by atoms with van der Waals surface area (Å²) in [6.45, 7) is 10.5. The molecule has 0 atom stereocenters. The summed E-state index contributed by atoms with van der Waals surface area (Å²) in [5.74, 6) is -0.0557. The van der Waals surface area contributed by atoms with Gasteiger partial charge in [0, 0.05) is 5.57 Å². The summed E-state index contributed by atoms with van der Waals surface area (Å²) in [5.41, 5.74) is 1.06. The molecule has 1 aliphatic rings. The van der Waals surface area contributed by atoms with Crippen LogP contribution in [-0.2, 0) is 9.53 Å². The highest BCUT2D eigenvalue weighted by Crippen LogP contribution is 2.25. The molecule has 0 fully saturated rings. The van der Waals surface area contributed by atoms with Crippen molar-refractivity contribution in [3.63, 3.8) is 0 Å². The topological polar surface area (TPSA) is 26.3 Å². The van der Waals surface area contributed by atoms with Crippen LogP contribution in [0.2, 0.25) is 0 Å². The molecule has 2 heteroatoms. The van der Waals surface area contributed by atoms with E-state index in [1.807, 2.05) is 0 Å². The lowest BCUT2D eigenvalue weighted by Crippen LogP contribution is -1.95. The van der Waals surface area contributed by atoms with Gasteiger partial charge in [0.1, 0.15) is 5.76 Å². The summed E-state index contributed by atoms with van der Waals surface area (Å²) in [6.07, 6.45) is 2.97. The number of carbonyl (C=O) groups excluding carboxylic acids is 1. The van der Waals surface area contributed by atoms with Crippen molar-refractivity contribution in [2.75, 3.05) is 0 Å². The monoisotopic (exact) mass is 148 g/mol. The Balaban J connectivity index is 3.22. The van der Waals surface area contributed by atoms with Crippen LogP contribution in [0.25, 0.3) is 0 Å². The average molecular weight is 148 g/mol. The molecular weight excluding hydrogens is 140 g/mol. The van der Waals surface area contributed by atoms with Gasteiger partial charge in [-0.2, -0.15) is 0 Å². The van der Waals surface area contributed by atoms with Gasteiger partial charge in [-0.05, 0) is 0 Å². The van der Waals surface area contributed by atoms with E-state index in [1.165, 1.54) is 12.2 Å². The van der Waals surface area contributed by atoms with E-state index in [4.69, 9.17) is 4.74 Å². The zero-order valence-electron chi connectivity index (χ0n) is 6.09. The molecule has 56 valence electrons. The number of rotatable bonds is 2. The summed E-state index contributed by atoms with van der Waals surface area (Å²) < 4.78 is 4.72. The molecule has 0 radical (unpaired) electrons. The van der Waals surface area contributed by atoms with Gasteiger partial charge in [-0.15, -0.1) is 0 Å². The van der Waals surface area contributed by atoms with Crippen molar-refractivity contribution < 1.29 is 9.53 Å². The normalized spacial score (nSPS) is 16.7. The first-order valence-corrected chi connectivity index (χ1v) is 3.11. The van der Waals surface area contributed by atoms with Crippen LogP contribution >= 0.6 is 0 Å². The van der Waals surface area contributed by atoms with Gasteiger partial charge in [-0.3, -0.25) is 0 Å². The first-order chi connectivity index (χ1) is 5.20. The lowest BCUT2D eigenvalue weighted by molar-refractivity contribution is -0.132. The Bertz CT molecular complexity index is 254. The summed E-state index contributed by atoms with van der Waals surface area (Å²) in [4.78, 5) is 10.9. The highest BCUT2D eigenvalue weighted by atomic mass is 16.5. The Labute approximate surface area is 65.2 Å². The van der Waals surface area contributed by atoms with Gasteiger partial charge in [0.25, 0.3) is 0 Å². The van der Waals surface area contributed by atoms with E-state index in [9.17, 15) is 4.79 Å². The first kappa shape index (κ1) is 7.54. The molecule has 0 spiro atoms. The van der Waals surface area contributed by atoms with Crippen molar-refractivity contribution in [3.8, 4) is 0 Å². The summed E-state index contributed by atoms with van der Waals surface area (Å²) in [5, 5.41) is 0. The fourth-order valence-electron chi connectivity index (χ4n) is 0.899. The molecular formula is C9H8O2. The number of allylic oxidation sites excluding steroid dienone is 1. The third-order valence-corrected chi connectivity index (χ3v) is 1.43. The maximum atomic E-state index is 10.9. The second kappa shape index (κ2) is 2.58. The Morgan fingerprint density at radius 2 is 1.73 bits per heavy atom. The van der Waals surface area contributed by atoms with Crippen molar-refractivity contribution in [1.29, 1.82) is 0 Å². The summed E-state index contributed by atoms with van der Waals surface area (Å²) in [7, 11) is 0. The molecule has 0 aromatic rings. The largest absolute Gasteiger partial charge is 0.423 e. The van der Waals surface area contributed by atoms with Gasteiger partial charge in [0.15, 0.2) is 0 Å². The van der Waals surface area contributed by atoms with E-state index in [2.05, 4.69) is 19.7 Å². The smallest absolute Gasteiger partial charge is 0.344 e. The van der Waals surface area contributed by atoms with Gasteiger partial charge in [-0.1, -0.05) is 31.9 Å². The number of carbonyl (C=O) groups is 1. The minimum Gasteiger partial charge on any atom is -0.423 e. The molecule has 0 aliphatic carbocycles. The Hall–Kier alpha value is -1.57. The summed E-state index contributed by atoms with van der Waals surface area (Å²) >= 11 is 0. The standard InChI is InChI=1S/C9H8O2/c1-4-7-6(3)11-9(10)8(7)5-2/h4-5H,1-3H2. The molecule has 0 saturated carbocycles. The van der Waals surface area contributed by atoms with Crippen molar-refractivity contribution in [2.45, 2.75) is 0 Å². The Morgan fingerprint density at radius 1 is 1.18 bits per heavy atom. The molecule has 0 saturated heterocycles. The summed E-state index contributed by atoms with van der Waals surface area (Å²) in [6, 6.07) is 0. The number of ether oxygens (including phenoxy) is 1. The molecule has 0 bridgehead atoms. The Morgan fingerprint density at radius 3 is 2.09 bits per heavy atom. The fraction of sp³-hybridized carbons (Fsp3) is 0. The number of cyclic esters (lactones) is 1. The van der Waals surface area contributed by atoms with Crippen molar-refractivity contribution in [2.24, 2.45) is 0 Å². The predicted octanol–water partition coefficient (Wildman–Crippen LogP) is 1.73. The quantitative estimate of drug-likeness (QED) is 0.557. The van der Waals surface area contributed by atoms with Crippen molar-refractivity contribution in [3.05, 3.63) is 48.8 Å². The maximum Gasteiger partial charge on any atom is 0.344 e. The molecule has 1 heterocycles. The highest BCUT2D eigenvalue weighted by Gasteiger charge is 2.23. The van der Waals surface area contributed by atoms with Crippen LogP contribution in [0.1, 0.15) is 0 Å². The van der Waals surface area contributed by atoms with Gasteiger partial charge in [0.05, 0.1) is 5.57 Å². The van der Waals surface area contributed by atoms with Crippen LogP contribution in [0.3, 0.4) is 0 Å². The third-order valence-electron chi connectivity index (χ3n) is 1.43. The zero-order chi connectivity index (χ0) is 8.43. The first-order valence-electron chi connectivity index (χ1n) is 3.11. The average Bonchev–Trinajstić information content (AvgIpc) is 2.24. The second-order valence-electron chi connectivity index (χ2n) is 2.05. The van der Waals surface area contributed by atoms with E-state index >= 15 is 0 Å². The highest BCUT2D eigenvalue weighted by molar-refractivity contribution is 5.97. The van der Waals surface area contributed by atoms with E-state index in [-0.39, 0.29) is 0 Å². The van der Waals surface area contributed by atoms with Crippen LogP contribution in [0, 0.1) is 0 Å². The molecule has 0 amide bonds. The van der Waals surface area contributed by atoms with E-state index in [0.29, 0.717) is 16.9 Å². The molecule has 0 N–H and O–H groups in total. The van der Waals surface area contributed by atoms with Crippen molar-refractivity contribution in [1.82, 2.24) is 0 Å². The fourth-order valence-corrected chi connectivity index (χ4v) is 0.899. The molecule has 1 rings (SSSR count). The van der Waals surface area contributed by atoms with Crippen LogP contribution in [0.15, 0.2) is 48.8 Å². The second-order valence-corrected chi connectivity index (χ2v) is 2.05. The lowest BCUT2D eigenvalue weighted by atomic mass is 10.1. The van der Waals surface area contributed by atoms with Crippen LogP contribution in [0.5, 0.6) is 0 Å². The lowest BCUT2D eigenvalue weighted by Gasteiger charge is -1.92. The minimum atomic E-state index is -0.403. The number of esters is 1. The molecule has 2 nitrogen and oxygen atoms in total. The van der Waals surface area contributed by atoms with Gasteiger partial charge >= 0.3 is 5.97 Å². The Kier molecular flexibility index (Phi) is 1.77.